The lowest BCUT2D eigenvalue weighted by molar-refractivity contribution is 0.153. The monoisotopic (exact) mass is 465 g/mol. The van der Waals surface area contributed by atoms with Crippen molar-refractivity contribution in [2.75, 3.05) is 45.3 Å². The van der Waals surface area contributed by atoms with Gasteiger partial charge in [0.2, 0.25) is 0 Å². The van der Waals surface area contributed by atoms with Crippen molar-refractivity contribution in [2.45, 2.75) is 26.3 Å². The molecule has 1 aliphatic rings. The Balaban J connectivity index is 0.00000288. The van der Waals surface area contributed by atoms with E-state index < -0.39 is 0 Å². The van der Waals surface area contributed by atoms with E-state index in [-0.39, 0.29) is 24.0 Å². The van der Waals surface area contributed by atoms with E-state index in [1.165, 1.54) is 5.57 Å². The van der Waals surface area contributed by atoms with Gasteiger partial charge in [-0.15, -0.1) is 35.3 Å². The van der Waals surface area contributed by atoms with Gasteiger partial charge in [0.15, 0.2) is 11.1 Å². The van der Waals surface area contributed by atoms with Gasteiger partial charge in [-0.1, -0.05) is 11.6 Å². The molecule has 136 valence electrons. The van der Waals surface area contributed by atoms with Crippen molar-refractivity contribution in [3.63, 3.8) is 0 Å². The average molecular weight is 465 g/mol. The van der Waals surface area contributed by atoms with Crippen molar-refractivity contribution < 1.29 is 4.74 Å². The summed E-state index contributed by atoms with van der Waals surface area (Å²) >= 11 is 1.64. The van der Waals surface area contributed by atoms with Gasteiger partial charge in [-0.3, -0.25) is 0 Å². The first kappa shape index (κ1) is 21.2. The summed E-state index contributed by atoms with van der Waals surface area (Å²) in [5.41, 5.74) is 2.47. The van der Waals surface area contributed by atoms with Crippen molar-refractivity contribution in [3.8, 4) is 0 Å². The van der Waals surface area contributed by atoms with Gasteiger partial charge in [0.05, 0.1) is 25.5 Å². The Morgan fingerprint density at radius 3 is 2.88 bits per heavy atom. The molecule has 0 aromatic carbocycles. The molecule has 0 amide bonds. The summed E-state index contributed by atoms with van der Waals surface area (Å²) < 4.78 is 5.33. The van der Waals surface area contributed by atoms with Crippen molar-refractivity contribution in [3.05, 3.63) is 22.7 Å². The van der Waals surface area contributed by atoms with E-state index in [2.05, 4.69) is 39.0 Å². The zero-order valence-corrected chi connectivity index (χ0v) is 17.8. The van der Waals surface area contributed by atoms with Crippen LogP contribution in [0.3, 0.4) is 0 Å². The molecule has 24 heavy (non-hydrogen) atoms. The fraction of sp³-hybridized carbons (Fsp3) is 0.625. The van der Waals surface area contributed by atoms with E-state index in [4.69, 9.17) is 4.74 Å². The molecule has 0 aliphatic carbocycles. The number of ether oxygens (including phenoxy) is 1. The van der Waals surface area contributed by atoms with Crippen LogP contribution in [-0.4, -0.2) is 51.3 Å². The molecular formula is C16H28IN5OS. The quantitative estimate of drug-likeness (QED) is 0.281. The molecule has 0 fully saturated rings. The van der Waals surface area contributed by atoms with Crippen LogP contribution in [0.25, 0.3) is 0 Å². The van der Waals surface area contributed by atoms with Crippen LogP contribution in [-0.2, 0) is 11.3 Å². The Morgan fingerprint density at radius 1 is 1.42 bits per heavy atom. The predicted molar refractivity (Wildman–Crippen MR) is 113 cm³/mol. The molecule has 1 aliphatic heterocycles. The van der Waals surface area contributed by atoms with Crippen LogP contribution < -0.4 is 15.5 Å². The maximum Gasteiger partial charge on any atom is 0.191 e. The summed E-state index contributed by atoms with van der Waals surface area (Å²) in [5, 5.41) is 9.75. The molecule has 2 N–H and O–H groups in total. The van der Waals surface area contributed by atoms with E-state index in [0.717, 1.165) is 55.9 Å². The maximum atomic E-state index is 5.33. The number of thiazole rings is 1. The summed E-state index contributed by atoms with van der Waals surface area (Å²) in [4.78, 5) is 11.2. The molecule has 2 rings (SSSR count). The molecule has 8 heteroatoms. The summed E-state index contributed by atoms with van der Waals surface area (Å²) in [6.45, 7) is 6.00. The van der Waals surface area contributed by atoms with Crippen LogP contribution in [0.4, 0.5) is 5.13 Å². The molecule has 0 radical (unpaired) electrons. The second kappa shape index (κ2) is 11.6. The number of aliphatic imine (C=N–C) groups is 1. The summed E-state index contributed by atoms with van der Waals surface area (Å²) in [6.07, 6.45) is 4.27. The molecule has 0 saturated heterocycles. The first-order valence-corrected chi connectivity index (χ1v) is 8.96. The van der Waals surface area contributed by atoms with Gasteiger partial charge in [-0.2, -0.15) is 0 Å². The van der Waals surface area contributed by atoms with E-state index in [1.807, 2.05) is 19.0 Å². The number of nitrogens with zero attached hydrogens (tertiary/aromatic N) is 3. The Morgan fingerprint density at radius 2 is 2.25 bits per heavy atom. The second-order valence-electron chi connectivity index (χ2n) is 5.58. The number of hydrogen-bond acceptors (Lipinski definition) is 5. The number of hydrogen-bond donors (Lipinski definition) is 2. The molecule has 0 unspecified atom stereocenters. The van der Waals surface area contributed by atoms with Crippen LogP contribution in [0.15, 0.2) is 22.0 Å². The zero-order valence-electron chi connectivity index (χ0n) is 14.7. The molecule has 0 bridgehead atoms. The van der Waals surface area contributed by atoms with Gasteiger partial charge in [0.25, 0.3) is 0 Å². The first-order valence-electron chi connectivity index (χ1n) is 8.08. The average Bonchev–Trinajstić information content (AvgIpc) is 3.03. The SMILES string of the molecule is CCNC(=NCc1csc(N(C)C)n1)NCCC1=CCOCC1.I. The molecule has 1 aromatic rings. The molecule has 0 atom stereocenters. The van der Waals surface area contributed by atoms with E-state index in [1.54, 1.807) is 11.3 Å². The topological polar surface area (TPSA) is 61.8 Å². The highest BCUT2D eigenvalue weighted by molar-refractivity contribution is 14.0. The highest BCUT2D eigenvalue weighted by atomic mass is 127. The number of anilines is 1. The molecular weight excluding hydrogens is 437 g/mol. The van der Waals surface area contributed by atoms with Crippen LogP contribution in [0.1, 0.15) is 25.5 Å². The Kier molecular flexibility index (Phi) is 10.3. The molecule has 6 nitrogen and oxygen atoms in total. The predicted octanol–water partition coefficient (Wildman–Crippen LogP) is 2.62. The van der Waals surface area contributed by atoms with E-state index in [0.29, 0.717) is 6.54 Å². The molecule has 0 saturated carbocycles. The summed E-state index contributed by atoms with van der Waals surface area (Å²) in [7, 11) is 4.00. The highest BCUT2D eigenvalue weighted by Gasteiger charge is 2.05. The number of aromatic nitrogens is 1. The molecule has 1 aromatic heterocycles. The number of nitrogens with one attached hydrogen (secondary N) is 2. The lowest BCUT2D eigenvalue weighted by Gasteiger charge is -2.15. The number of rotatable bonds is 7. The van der Waals surface area contributed by atoms with Gasteiger partial charge in [0.1, 0.15) is 0 Å². The molecule has 2 heterocycles. The minimum atomic E-state index is 0. The maximum absolute atomic E-state index is 5.33. The minimum absolute atomic E-state index is 0. The largest absolute Gasteiger partial charge is 0.377 e. The Labute approximate surface area is 165 Å². The van der Waals surface area contributed by atoms with Crippen LogP contribution in [0.2, 0.25) is 0 Å². The summed E-state index contributed by atoms with van der Waals surface area (Å²) in [5.74, 6) is 0.847. The normalized spacial score (nSPS) is 14.6. The molecule has 0 spiro atoms. The Bertz CT molecular complexity index is 544. The van der Waals surface area contributed by atoms with Crippen LogP contribution >= 0.6 is 35.3 Å². The standard InChI is InChI=1S/C16H27N5OS.HI/c1-4-17-15(18-8-5-13-6-9-22-10-7-13)19-11-14-12-23-16(20-14)21(2)3;/h6,12H,4-5,7-11H2,1-3H3,(H2,17,18,19);1H. The van der Waals surface area contributed by atoms with Gasteiger partial charge >= 0.3 is 0 Å². The second-order valence-corrected chi connectivity index (χ2v) is 6.41. The zero-order chi connectivity index (χ0) is 16.5. The van der Waals surface area contributed by atoms with Gasteiger partial charge < -0.3 is 20.3 Å². The van der Waals surface area contributed by atoms with Gasteiger partial charge in [0, 0.05) is 32.6 Å². The smallest absolute Gasteiger partial charge is 0.191 e. The van der Waals surface area contributed by atoms with E-state index >= 15 is 0 Å². The fourth-order valence-electron chi connectivity index (χ4n) is 2.21. The summed E-state index contributed by atoms with van der Waals surface area (Å²) in [6, 6.07) is 0. The number of guanidine groups is 1. The number of halogens is 1. The first-order chi connectivity index (χ1) is 11.2. The Hall–Kier alpha value is -0.870. The van der Waals surface area contributed by atoms with Gasteiger partial charge in [-0.05, 0) is 19.8 Å². The van der Waals surface area contributed by atoms with Crippen LogP contribution in [0, 0.1) is 0 Å². The third kappa shape index (κ3) is 7.35. The van der Waals surface area contributed by atoms with Gasteiger partial charge in [-0.25, -0.2) is 9.98 Å². The van der Waals surface area contributed by atoms with Crippen LogP contribution in [0.5, 0.6) is 0 Å². The third-order valence-corrected chi connectivity index (χ3v) is 4.52. The van der Waals surface area contributed by atoms with Crippen molar-refractivity contribution in [1.29, 1.82) is 0 Å². The lowest BCUT2D eigenvalue weighted by Crippen LogP contribution is -2.38. The highest BCUT2D eigenvalue weighted by Crippen LogP contribution is 2.18. The minimum Gasteiger partial charge on any atom is -0.377 e. The van der Waals surface area contributed by atoms with Crippen molar-refractivity contribution >= 4 is 46.4 Å². The fourth-order valence-corrected chi connectivity index (χ4v) is 2.96. The van der Waals surface area contributed by atoms with Crippen molar-refractivity contribution in [2.24, 2.45) is 4.99 Å². The third-order valence-electron chi connectivity index (χ3n) is 3.46. The lowest BCUT2D eigenvalue weighted by atomic mass is 10.1. The van der Waals surface area contributed by atoms with Crippen molar-refractivity contribution in [1.82, 2.24) is 15.6 Å². The van der Waals surface area contributed by atoms with E-state index in [9.17, 15) is 0 Å².